The van der Waals surface area contributed by atoms with E-state index in [2.05, 4.69) is 26.5 Å². The van der Waals surface area contributed by atoms with Crippen LogP contribution >= 0.6 is 82.9 Å². The Hall–Kier alpha value is -4.87. The molecule has 0 radical (unpaired) electrons. The maximum atomic E-state index is 13.9. The van der Waals surface area contributed by atoms with E-state index in [0.29, 0.717) is 43.7 Å². The van der Waals surface area contributed by atoms with Gasteiger partial charge in [0.15, 0.2) is 11.6 Å². The summed E-state index contributed by atoms with van der Waals surface area (Å²) in [6.07, 6.45) is 2.02. The van der Waals surface area contributed by atoms with Gasteiger partial charge in [-0.1, -0.05) is 93.5 Å². The van der Waals surface area contributed by atoms with Crippen LogP contribution in [0.3, 0.4) is 0 Å². The van der Waals surface area contributed by atoms with Crippen molar-refractivity contribution < 1.29 is 64.8 Å². The van der Waals surface area contributed by atoms with Crippen molar-refractivity contribution in [3.05, 3.63) is 198 Å². The van der Waals surface area contributed by atoms with Crippen molar-refractivity contribution in [1.82, 2.24) is 0 Å². The SMILES string of the molecule is CSc1ccc(Sc2ccc(Sc3ccc(C(=O)c4ccc(Sc5ccc(-c6ccc(Sc7ccc(C(=O)c8ccc(C)c(SOOO)c8)cc7S(=O)(=O)O)cc6)cc5)c(SOOO)c4)cc3S(=O)(=O)O)cc2)cc1. The molecule has 0 fully saturated rings. The fourth-order valence-corrected chi connectivity index (χ4v) is 14.0. The Kier molecular flexibility index (Phi) is 19.2. The van der Waals surface area contributed by atoms with Crippen molar-refractivity contribution in [3.8, 4) is 11.1 Å². The van der Waals surface area contributed by atoms with Crippen LogP contribution in [0.5, 0.6) is 0 Å². The molecule has 0 aliphatic heterocycles. The van der Waals surface area contributed by atoms with Crippen LogP contribution < -0.4 is 0 Å². The molecule has 0 spiro atoms. The molecule has 8 rings (SSSR count). The van der Waals surface area contributed by atoms with Gasteiger partial charge in [0.05, 0.1) is 29.0 Å². The zero-order valence-corrected chi connectivity index (χ0v) is 46.1. The molecule has 0 aliphatic rings. The molecule has 0 saturated heterocycles. The van der Waals surface area contributed by atoms with Gasteiger partial charge in [0.1, 0.15) is 9.79 Å². The standard InChI is InChI=1S/C52H38O14S9/c1-31-3-4-34(27-47(31)72-65-63-55)51(53)36-10-25-45(49(29-36)74(57,58)59)70-42-14-7-33(8-15-42)32-5-12-41(13-6-32)69-44-24-9-35(28-48(44)73-66-64-56)52(54)37-11-26-46(50(30-37)75(60,61)62)71-43-22-20-40(21-23-43)68-39-18-16-38(67-2)17-19-39/h3-30,55-56H,1-2H3,(H,57,58,59)(H,60,61,62). The third-order valence-electron chi connectivity index (χ3n) is 10.8. The van der Waals surface area contributed by atoms with E-state index in [1.165, 1.54) is 48.2 Å². The highest BCUT2D eigenvalue weighted by atomic mass is 32.2. The van der Waals surface area contributed by atoms with E-state index < -0.39 is 41.6 Å². The van der Waals surface area contributed by atoms with Gasteiger partial charge < -0.3 is 0 Å². The number of carbonyl (C=O) groups is 2. The second kappa shape index (κ2) is 25.5. The summed E-state index contributed by atoms with van der Waals surface area (Å²) >= 11 is 8.13. The Balaban J connectivity index is 0.934. The number of rotatable bonds is 22. The summed E-state index contributed by atoms with van der Waals surface area (Å²) in [6, 6.07) is 48.2. The summed E-state index contributed by atoms with van der Waals surface area (Å²) < 4.78 is 80.2. The number of thioether (sulfide) groups is 1. The van der Waals surface area contributed by atoms with E-state index in [1.807, 2.05) is 79.1 Å². The summed E-state index contributed by atoms with van der Waals surface area (Å²) in [4.78, 5) is 33.7. The van der Waals surface area contributed by atoms with Crippen LogP contribution in [0, 0.1) is 6.92 Å². The van der Waals surface area contributed by atoms with Crippen molar-refractivity contribution >= 4 is 115 Å². The third-order valence-corrected chi connectivity index (χ3v) is 19.4. The van der Waals surface area contributed by atoms with Gasteiger partial charge in [-0.15, -0.1) is 20.4 Å². The highest BCUT2D eigenvalue weighted by molar-refractivity contribution is 8.01. The minimum atomic E-state index is -4.76. The molecule has 75 heavy (non-hydrogen) atoms. The van der Waals surface area contributed by atoms with E-state index in [-0.39, 0.29) is 32.0 Å². The lowest BCUT2D eigenvalue weighted by Gasteiger charge is -2.12. The monoisotopic (exact) mass is 1170 g/mol. The van der Waals surface area contributed by atoms with Crippen LogP contribution in [0.25, 0.3) is 11.1 Å². The summed E-state index contributed by atoms with van der Waals surface area (Å²) in [5.74, 6) is -1.05. The molecule has 0 atom stereocenters. The Morgan fingerprint density at radius 1 is 0.400 bits per heavy atom. The lowest BCUT2D eigenvalue weighted by Crippen LogP contribution is -2.06. The maximum absolute atomic E-state index is 13.9. The minimum Gasteiger partial charge on any atom is -0.289 e. The van der Waals surface area contributed by atoms with Crippen molar-refractivity contribution in [2.75, 3.05) is 6.26 Å². The van der Waals surface area contributed by atoms with Crippen LogP contribution in [0.2, 0.25) is 0 Å². The van der Waals surface area contributed by atoms with Gasteiger partial charge in [-0.2, -0.15) is 16.8 Å². The predicted molar refractivity (Wildman–Crippen MR) is 291 cm³/mol. The number of benzene rings is 8. The predicted octanol–water partition coefficient (Wildman–Crippen LogP) is 14.8. The highest BCUT2D eigenvalue weighted by Crippen LogP contribution is 2.41. The van der Waals surface area contributed by atoms with E-state index in [4.69, 9.17) is 14.8 Å². The zero-order valence-electron chi connectivity index (χ0n) is 38.7. The minimum absolute atomic E-state index is 0.00612. The number of aryl methyl sites for hydroxylation is 1. The molecule has 0 aliphatic carbocycles. The summed E-state index contributed by atoms with van der Waals surface area (Å²) in [5, 5.41) is 25.1. The molecular weight excluding hydrogens is 1140 g/mol. The van der Waals surface area contributed by atoms with E-state index in [0.717, 1.165) is 76.8 Å². The van der Waals surface area contributed by atoms with Crippen molar-refractivity contribution in [2.24, 2.45) is 0 Å². The number of hydrogen-bond acceptors (Lipinski definition) is 19. The average Bonchev–Trinajstić information content (AvgIpc) is 3.41. The molecule has 14 nitrogen and oxygen atoms in total. The fraction of sp³-hybridized carbons (Fsp3) is 0.0385. The Morgan fingerprint density at radius 3 is 1.15 bits per heavy atom. The second-order valence-electron chi connectivity index (χ2n) is 15.6. The highest BCUT2D eigenvalue weighted by Gasteiger charge is 2.23. The molecule has 0 saturated carbocycles. The summed E-state index contributed by atoms with van der Waals surface area (Å²) in [5.41, 5.74) is 2.82. The Labute approximate surface area is 461 Å². The van der Waals surface area contributed by atoms with Crippen LogP contribution in [-0.4, -0.2) is 54.3 Å². The van der Waals surface area contributed by atoms with E-state index >= 15 is 0 Å². The van der Waals surface area contributed by atoms with Gasteiger partial charge in [0.25, 0.3) is 20.2 Å². The van der Waals surface area contributed by atoms with Gasteiger partial charge in [0.2, 0.25) is 0 Å². The lowest BCUT2D eigenvalue weighted by molar-refractivity contribution is -0.432. The molecular formula is C52H38O14S9. The molecule has 0 unspecified atom stereocenters. The van der Waals surface area contributed by atoms with Gasteiger partial charge in [-0.3, -0.25) is 18.7 Å². The maximum Gasteiger partial charge on any atom is 0.295 e. The molecule has 0 heterocycles. The van der Waals surface area contributed by atoms with Crippen LogP contribution in [0.15, 0.2) is 233 Å². The summed E-state index contributed by atoms with van der Waals surface area (Å²) in [6.45, 7) is 1.76. The molecule has 0 aromatic heterocycles. The normalized spacial score (nSPS) is 11.7. The molecule has 23 heteroatoms. The molecule has 0 bridgehead atoms. The van der Waals surface area contributed by atoms with Gasteiger partial charge in [0, 0.05) is 71.2 Å². The zero-order chi connectivity index (χ0) is 53.3. The van der Waals surface area contributed by atoms with Crippen molar-refractivity contribution in [2.45, 2.75) is 70.6 Å². The quantitative estimate of drug-likeness (QED) is 0.0124. The molecule has 0 amide bonds. The largest absolute Gasteiger partial charge is 0.295 e. The van der Waals surface area contributed by atoms with Crippen LogP contribution in [0.4, 0.5) is 0 Å². The Morgan fingerprint density at radius 2 is 0.733 bits per heavy atom. The number of carbonyl (C=O) groups excluding carboxylic acids is 2. The molecule has 4 N–H and O–H groups in total. The number of ketones is 2. The van der Waals surface area contributed by atoms with Crippen molar-refractivity contribution in [1.29, 1.82) is 0 Å². The first-order valence-corrected chi connectivity index (χ1v) is 30.4. The second-order valence-corrected chi connectivity index (χ2v) is 25.3. The lowest BCUT2D eigenvalue weighted by atomic mass is 10.0. The number of hydrogen-bond donors (Lipinski definition) is 4. The molecule has 384 valence electrons. The topological polar surface area (TPSA) is 220 Å². The fourth-order valence-electron chi connectivity index (χ4n) is 7.10. The van der Waals surface area contributed by atoms with Gasteiger partial charge in [-0.05, 0) is 163 Å². The van der Waals surface area contributed by atoms with Crippen LogP contribution in [0.1, 0.15) is 37.4 Å². The first-order chi connectivity index (χ1) is 36.0. The molecule has 8 aromatic rings. The third kappa shape index (κ3) is 14.8. The first kappa shape index (κ1) is 56.3. The summed E-state index contributed by atoms with van der Waals surface area (Å²) in [7, 11) is -9.52. The first-order valence-electron chi connectivity index (χ1n) is 21.5. The van der Waals surface area contributed by atoms with Crippen LogP contribution in [-0.2, 0) is 39.0 Å². The van der Waals surface area contributed by atoms with E-state index in [1.54, 1.807) is 66.8 Å². The Bertz CT molecular complexity index is 3600. The van der Waals surface area contributed by atoms with E-state index in [9.17, 15) is 35.5 Å². The molecule has 8 aromatic carbocycles. The van der Waals surface area contributed by atoms with Gasteiger partial charge in [-0.25, -0.2) is 10.5 Å². The smallest absolute Gasteiger partial charge is 0.289 e. The van der Waals surface area contributed by atoms with Crippen molar-refractivity contribution in [3.63, 3.8) is 0 Å². The van der Waals surface area contributed by atoms with Gasteiger partial charge >= 0.3 is 0 Å². The average molecular weight is 1180 g/mol.